The number of rotatable bonds is 4. The summed E-state index contributed by atoms with van der Waals surface area (Å²) in [5.74, 6) is -2.71. The van der Waals surface area contributed by atoms with Gasteiger partial charge in [-0.15, -0.1) is 0 Å². The topological polar surface area (TPSA) is 82.1 Å². The Labute approximate surface area is 180 Å². The summed E-state index contributed by atoms with van der Waals surface area (Å²) in [5.41, 5.74) is -2.81. The molecule has 1 aliphatic heterocycles. The van der Waals surface area contributed by atoms with E-state index < -0.39 is 34.8 Å². The zero-order valence-electron chi connectivity index (χ0n) is 16.9. The largest absolute Gasteiger partial charge is 0.507 e. The van der Waals surface area contributed by atoms with Crippen molar-refractivity contribution in [3.63, 3.8) is 0 Å². The highest BCUT2D eigenvalue weighted by atomic mass is 19.4. The average molecular weight is 446 g/mol. The molecular weight excluding hydrogens is 429 g/mol. The van der Waals surface area contributed by atoms with E-state index in [1.807, 2.05) is 0 Å². The summed E-state index contributed by atoms with van der Waals surface area (Å²) in [6, 6.07) is 8.49. The standard InChI is InChI=1S/C23H17F3O6/c1-12-18-14(11-31-12)8-13-9-16(10-17(27)19(13)20(18)28)32-21(29)22(30-2,23(24,25)26)15-6-4-3-5-7-15/h3-10,27H,11H2,1-2H3/t22-/m0/s1. The number of halogens is 3. The molecule has 9 heteroatoms. The van der Waals surface area contributed by atoms with Gasteiger partial charge in [0.15, 0.2) is 0 Å². The monoisotopic (exact) mass is 446 g/mol. The van der Waals surface area contributed by atoms with Crippen molar-refractivity contribution in [3.8, 4) is 11.5 Å². The Morgan fingerprint density at radius 2 is 1.84 bits per heavy atom. The Morgan fingerprint density at radius 1 is 1.16 bits per heavy atom. The number of carbonyl (C=O) groups excluding carboxylic acids is 2. The van der Waals surface area contributed by atoms with E-state index in [1.54, 1.807) is 13.0 Å². The predicted octanol–water partition coefficient (Wildman–Crippen LogP) is 4.29. The quantitative estimate of drug-likeness (QED) is 0.558. The van der Waals surface area contributed by atoms with Crippen LogP contribution >= 0.6 is 0 Å². The van der Waals surface area contributed by atoms with E-state index in [1.165, 1.54) is 24.3 Å². The minimum atomic E-state index is -5.15. The Morgan fingerprint density at radius 3 is 2.47 bits per heavy atom. The van der Waals surface area contributed by atoms with Gasteiger partial charge in [0, 0.05) is 24.3 Å². The number of esters is 1. The van der Waals surface area contributed by atoms with E-state index in [-0.39, 0.29) is 23.5 Å². The van der Waals surface area contributed by atoms with Crippen molar-refractivity contribution in [3.05, 3.63) is 76.1 Å². The van der Waals surface area contributed by atoms with Crippen molar-refractivity contribution in [2.75, 3.05) is 13.7 Å². The van der Waals surface area contributed by atoms with Crippen LogP contribution in [0.3, 0.4) is 0 Å². The zero-order chi connectivity index (χ0) is 23.3. The van der Waals surface area contributed by atoms with Gasteiger partial charge in [0.2, 0.25) is 5.78 Å². The Kier molecular flexibility index (Phi) is 5.09. The van der Waals surface area contributed by atoms with Crippen LogP contribution < -0.4 is 4.74 Å². The fourth-order valence-electron chi connectivity index (χ4n) is 3.90. The van der Waals surface area contributed by atoms with Crippen LogP contribution in [0.4, 0.5) is 13.2 Å². The first-order chi connectivity index (χ1) is 15.1. The molecule has 32 heavy (non-hydrogen) atoms. The summed E-state index contributed by atoms with van der Waals surface area (Å²) >= 11 is 0. The van der Waals surface area contributed by atoms with Gasteiger partial charge in [-0.25, -0.2) is 4.79 Å². The minimum Gasteiger partial charge on any atom is -0.507 e. The fraction of sp³-hybridized carbons (Fsp3) is 0.217. The van der Waals surface area contributed by atoms with Crippen LogP contribution in [0, 0.1) is 0 Å². The lowest BCUT2D eigenvalue weighted by Gasteiger charge is -2.32. The number of carbonyl (C=O) groups is 2. The third-order valence-electron chi connectivity index (χ3n) is 5.41. The normalized spacial score (nSPS) is 17.2. The van der Waals surface area contributed by atoms with E-state index in [2.05, 4.69) is 0 Å². The molecule has 2 aromatic rings. The summed E-state index contributed by atoms with van der Waals surface area (Å²) in [6.07, 6.45) is -3.59. The van der Waals surface area contributed by atoms with Crippen LogP contribution in [0.15, 0.2) is 59.4 Å². The Hall–Kier alpha value is -3.59. The fourth-order valence-corrected chi connectivity index (χ4v) is 3.90. The van der Waals surface area contributed by atoms with E-state index in [4.69, 9.17) is 14.2 Å². The van der Waals surface area contributed by atoms with Gasteiger partial charge >= 0.3 is 12.1 Å². The van der Waals surface area contributed by atoms with Crippen LogP contribution in [0.1, 0.15) is 28.4 Å². The van der Waals surface area contributed by atoms with Crippen molar-refractivity contribution < 1.29 is 42.1 Å². The summed E-state index contributed by atoms with van der Waals surface area (Å²) in [7, 11) is 0.755. The molecule has 2 aromatic carbocycles. The molecule has 1 heterocycles. The molecule has 6 nitrogen and oxygen atoms in total. The molecule has 0 aromatic heterocycles. The van der Waals surface area contributed by atoms with Crippen molar-refractivity contribution in [2.24, 2.45) is 0 Å². The molecule has 1 atom stereocenters. The van der Waals surface area contributed by atoms with Crippen LogP contribution in [0.5, 0.6) is 11.5 Å². The van der Waals surface area contributed by atoms with Gasteiger partial charge in [-0.2, -0.15) is 13.2 Å². The molecule has 2 aliphatic rings. The highest BCUT2D eigenvalue weighted by Gasteiger charge is 2.64. The SMILES string of the molecule is CO[C@](C(=O)Oc1cc(O)c2c(c1)C=C1COC(C)=C1C2=O)(c1ccccc1)C(F)(F)F. The molecule has 0 radical (unpaired) electrons. The minimum absolute atomic E-state index is 0.0507. The number of methoxy groups -OCH3 is 1. The first-order valence-electron chi connectivity index (χ1n) is 9.46. The van der Waals surface area contributed by atoms with Crippen molar-refractivity contribution in [2.45, 2.75) is 18.7 Å². The zero-order valence-corrected chi connectivity index (χ0v) is 16.9. The lowest BCUT2D eigenvalue weighted by atomic mass is 9.86. The number of hydrogen-bond donors (Lipinski definition) is 1. The van der Waals surface area contributed by atoms with E-state index in [9.17, 15) is 27.9 Å². The molecule has 0 unspecified atom stereocenters. The Bertz CT molecular complexity index is 1180. The smallest absolute Gasteiger partial charge is 0.432 e. The maximum Gasteiger partial charge on any atom is 0.432 e. The van der Waals surface area contributed by atoms with E-state index >= 15 is 0 Å². The first kappa shape index (κ1) is 21.6. The lowest BCUT2D eigenvalue weighted by molar-refractivity contribution is -0.272. The second-order valence-electron chi connectivity index (χ2n) is 7.26. The van der Waals surface area contributed by atoms with Crippen LogP contribution in [0.2, 0.25) is 0 Å². The number of alkyl halides is 3. The molecular formula is C23H17F3O6. The first-order valence-corrected chi connectivity index (χ1v) is 9.46. The molecule has 0 amide bonds. The third-order valence-corrected chi connectivity index (χ3v) is 5.41. The highest BCUT2D eigenvalue weighted by molar-refractivity contribution is 6.18. The van der Waals surface area contributed by atoms with Gasteiger partial charge in [0.1, 0.15) is 23.9 Å². The number of benzene rings is 2. The van der Waals surface area contributed by atoms with Gasteiger partial charge in [-0.05, 0) is 24.6 Å². The number of allylic oxidation sites excluding steroid dienone is 1. The second-order valence-corrected chi connectivity index (χ2v) is 7.26. The van der Waals surface area contributed by atoms with E-state index in [0.717, 1.165) is 25.3 Å². The second kappa shape index (κ2) is 7.52. The summed E-state index contributed by atoms with van der Waals surface area (Å²) in [5, 5.41) is 10.4. The van der Waals surface area contributed by atoms with Gasteiger partial charge in [-0.3, -0.25) is 4.79 Å². The molecule has 0 spiro atoms. The number of hydrogen-bond acceptors (Lipinski definition) is 6. The molecule has 0 saturated heterocycles. The molecule has 0 saturated carbocycles. The number of Topliss-reactive ketones (excluding diaryl/α,β-unsaturated/α-hetero) is 1. The number of phenolic OH excluding ortho intramolecular Hbond substituents is 1. The predicted molar refractivity (Wildman–Crippen MR) is 106 cm³/mol. The van der Waals surface area contributed by atoms with E-state index in [0.29, 0.717) is 16.9 Å². The maximum absolute atomic E-state index is 14.1. The molecule has 1 N–H and O–H groups in total. The lowest BCUT2D eigenvalue weighted by Crippen LogP contribution is -2.52. The van der Waals surface area contributed by atoms with Gasteiger partial charge < -0.3 is 19.3 Å². The van der Waals surface area contributed by atoms with Crippen LogP contribution in [0.25, 0.3) is 6.08 Å². The van der Waals surface area contributed by atoms with Gasteiger partial charge in [0.05, 0.1) is 11.1 Å². The number of phenols is 1. The summed E-state index contributed by atoms with van der Waals surface area (Å²) < 4.78 is 57.3. The average Bonchev–Trinajstić information content (AvgIpc) is 3.09. The number of ether oxygens (including phenoxy) is 3. The maximum atomic E-state index is 14.1. The van der Waals surface area contributed by atoms with Crippen LogP contribution in [-0.4, -0.2) is 36.8 Å². The van der Waals surface area contributed by atoms with Crippen molar-refractivity contribution in [1.82, 2.24) is 0 Å². The van der Waals surface area contributed by atoms with Gasteiger partial charge in [0.25, 0.3) is 5.60 Å². The Balaban J connectivity index is 1.76. The third kappa shape index (κ3) is 3.16. The molecule has 4 rings (SSSR count). The number of aromatic hydroxyl groups is 1. The summed E-state index contributed by atoms with van der Waals surface area (Å²) in [4.78, 5) is 25.6. The molecule has 0 bridgehead atoms. The molecule has 166 valence electrons. The molecule has 1 aliphatic carbocycles. The van der Waals surface area contributed by atoms with Gasteiger partial charge in [-0.1, -0.05) is 30.3 Å². The highest BCUT2D eigenvalue weighted by Crippen LogP contribution is 2.44. The number of fused-ring (bicyclic) bond motifs is 2. The van der Waals surface area contributed by atoms with Crippen molar-refractivity contribution >= 4 is 17.8 Å². The van der Waals surface area contributed by atoms with Crippen molar-refractivity contribution in [1.29, 1.82) is 0 Å². The summed E-state index contributed by atoms with van der Waals surface area (Å²) in [6.45, 7) is 1.77. The van der Waals surface area contributed by atoms with Crippen LogP contribution in [-0.2, 0) is 19.9 Å². The number of ketones is 1. The molecule has 0 fully saturated rings.